The van der Waals surface area contributed by atoms with E-state index < -0.39 is 0 Å². The lowest BCUT2D eigenvalue weighted by molar-refractivity contribution is 0.381. The lowest BCUT2D eigenvalue weighted by Crippen LogP contribution is -2.11. The van der Waals surface area contributed by atoms with E-state index in [4.69, 9.17) is 4.98 Å². The van der Waals surface area contributed by atoms with E-state index in [0.717, 1.165) is 17.7 Å². The number of rotatable bonds is 7. The first-order valence-electron chi connectivity index (χ1n) is 8.48. The molecule has 132 valence electrons. The SMILES string of the molecule is CC(C)(C)CC/C=C(\CSc1nc2ccccc2s1)CC(C)(C)I. The van der Waals surface area contributed by atoms with Crippen LogP contribution in [-0.2, 0) is 0 Å². The normalized spacial score (nSPS) is 13.7. The molecule has 0 atom stereocenters. The summed E-state index contributed by atoms with van der Waals surface area (Å²) in [5, 5.41) is 0. The van der Waals surface area contributed by atoms with Gasteiger partial charge in [-0.15, -0.1) is 11.3 Å². The summed E-state index contributed by atoms with van der Waals surface area (Å²) in [7, 11) is 0. The molecule has 0 saturated carbocycles. The second-order valence-electron chi connectivity index (χ2n) is 8.09. The highest BCUT2D eigenvalue weighted by Crippen LogP contribution is 2.34. The van der Waals surface area contributed by atoms with Gasteiger partial charge in [0.05, 0.1) is 10.2 Å². The van der Waals surface area contributed by atoms with Gasteiger partial charge in [0, 0.05) is 9.17 Å². The molecule has 1 nitrogen and oxygen atoms in total. The molecule has 0 aliphatic carbocycles. The third-order valence-electron chi connectivity index (χ3n) is 3.63. The summed E-state index contributed by atoms with van der Waals surface area (Å²) in [6.45, 7) is 11.6. The van der Waals surface area contributed by atoms with Crippen LogP contribution in [-0.4, -0.2) is 14.2 Å². The van der Waals surface area contributed by atoms with Gasteiger partial charge in [0.25, 0.3) is 0 Å². The van der Waals surface area contributed by atoms with Crippen molar-refractivity contribution < 1.29 is 0 Å². The van der Waals surface area contributed by atoms with Gasteiger partial charge in [-0.1, -0.05) is 92.8 Å². The second kappa shape index (κ2) is 8.54. The zero-order valence-electron chi connectivity index (χ0n) is 15.4. The summed E-state index contributed by atoms with van der Waals surface area (Å²) in [5.41, 5.74) is 3.09. The molecule has 1 aromatic heterocycles. The standard InChI is InChI=1S/C20H28INS2/c1-19(2,3)12-8-9-15(13-20(4,5)21)14-23-18-22-16-10-6-7-11-17(16)24-18/h6-7,9-11H,8,12-14H2,1-5H3/b15-9-. The Bertz CT molecular complexity index is 656. The number of fused-ring (bicyclic) bond motifs is 1. The minimum Gasteiger partial charge on any atom is -0.230 e. The van der Waals surface area contributed by atoms with Crippen LogP contribution in [0.5, 0.6) is 0 Å². The van der Waals surface area contributed by atoms with E-state index in [1.807, 2.05) is 23.1 Å². The van der Waals surface area contributed by atoms with E-state index in [1.54, 1.807) is 5.57 Å². The highest BCUT2D eigenvalue weighted by molar-refractivity contribution is 14.1. The minimum absolute atomic E-state index is 0.305. The van der Waals surface area contributed by atoms with Crippen LogP contribution < -0.4 is 0 Å². The first-order valence-corrected chi connectivity index (χ1v) is 11.4. The van der Waals surface area contributed by atoms with Gasteiger partial charge in [0.1, 0.15) is 0 Å². The Kier molecular flexibility index (Phi) is 7.21. The van der Waals surface area contributed by atoms with E-state index in [9.17, 15) is 0 Å². The average Bonchev–Trinajstić information content (AvgIpc) is 2.84. The number of thioether (sulfide) groups is 1. The van der Waals surface area contributed by atoms with Crippen molar-refractivity contribution in [2.24, 2.45) is 5.41 Å². The van der Waals surface area contributed by atoms with Gasteiger partial charge < -0.3 is 0 Å². The summed E-state index contributed by atoms with van der Waals surface area (Å²) in [6.07, 6.45) is 6.04. The zero-order valence-corrected chi connectivity index (χ0v) is 19.1. The van der Waals surface area contributed by atoms with Gasteiger partial charge in [-0.3, -0.25) is 0 Å². The molecule has 2 aromatic rings. The molecule has 0 unspecified atom stereocenters. The molecule has 0 saturated heterocycles. The van der Waals surface area contributed by atoms with Crippen LogP contribution in [0.4, 0.5) is 0 Å². The summed E-state index contributed by atoms with van der Waals surface area (Å²) < 4.78 is 2.77. The Balaban J connectivity index is 2.02. The van der Waals surface area contributed by atoms with E-state index in [-0.39, 0.29) is 0 Å². The molecule has 0 N–H and O–H groups in total. The monoisotopic (exact) mass is 473 g/mol. The van der Waals surface area contributed by atoms with Gasteiger partial charge in [0.15, 0.2) is 4.34 Å². The summed E-state index contributed by atoms with van der Waals surface area (Å²) in [4.78, 5) is 4.75. The summed E-state index contributed by atoms with van der Waals surface area (Å²) in [6, 6.07) is 8.41. The lowest BCUT2D eigenvalue weighted by Gasteiger charge is -2.20. The van der Waals surface area contributed by atoms with Gasteiger partial charge in [-0.05, 0) is 36.8 Å². The van der Waals surface area contributed by atoms with Crippen LogP contribution in [0.2, 0.25) is 0 Å². The molecule has 1 heterocycles. The first kappa shape index (κ1) is 20.2. The van der Waals surface area contributed by atoms with Crippen molar-refractivity contribution >= 4 is 55.9 Å². The Morgan fingerprint density at radius 2 is 1.92 bits per heavy atom. The molecule has 0 spiro atoms. The van der Waals surface area contributed by atoms with E-state index in [2.05, 4.69) is 87.6 Å². The number of thiazole rings is 1. The van der Waals surface area contributed by atoms with Crippen molar-refractivity contribution in [3.8, 4) is 0 Å². The molecule has 2 rings (SSSR count). The number of allylic oxidation sites excluding steroid dienone is 1. The van der Waals surface area contributed by atoms with E-state index in [1.165, 1.54) is 21.9 Å². The highest BCUT2D eigenvalue weighted by Gasteiger charge is 2.16. The van der Waals surface area contributed by atoms with E-state index in [0.29, 0.717) is 8.84 Å². The molecule has 4 heteroatoms. The Hall–Kier alpha value is -0.0700. The number of alkyl halides is 1. The molecule has 0 radical (unpaired) electrons. The average molecular weight is 473 g/mol. The smallest absolute Gasteiger partial charge is 0.151 e. The lowest BCUT2D eigenvalue weighted by atomic mass is 9.90. The number of aromatic nitrogens is 1. The number of nitrogens with zero attached hydrogens (tertiary/aromatic N) is 1. The highest BCUT2D eigenvalue weighted by atomic mass is 127. The van der Waals surface area contributed by atoms with Crippen molar-refractivity contribution in [3.63, 3.8) is 0 Å². The quantitative estimate of drug-likeness (QED) is 0.177. The predicted molar refractivity (Wildman–Crippen MR) is 120 cm³/mol. The molecule has 0 bridgehead atoms. The van der Waals surface area contributed by atoms with Crippen molar-refractivity contribution in [2.75, 3.05) is 5.75 Å². The molecular formula is C20H28INS2. The van der Waals surface area contributed by atoms with Gasteiger partial charge in [-0.25, -0.2) is 4.98 Å². The molecule has 1 aromatic carbocycles. The van der Waals surface area contributed by atoms with Crippen molar-refractivity contribution in [2.45, 2.75) is 61.6 Å². The van der Waals surface area contributed by atoms with Crippen LogP contribution in [0.25, 0.3) is 10.2 Å². The number of benzene rings is 1. The van der Waals surface area contributed by atoms with Crippen LogP contribution in [0.15, 0.2) is 40.3 Å². The molecule has 24 heavy (non-hydrogen) atoms. The fourth-order valence-electron chi connectivity index (χ4n) is 2.50. The molecular weight excluding hydrogens is 445 g/mol. The molecule has 0 aliphatic rings. The van der Waals surface area contributed by atoms with Crippen LogP contribution in [0.3, 0.4) is 0 Å². The number of halogens is 1. The van der Waals surface area contributed by atoms with Crippen molar-refractivity contribution in [3.05, 3.63) is 35.9 Å². The second-order valence-corrected chi connectivity index (χ2v) is 13.3. The molecule has 0 fully saturated rings. The van der Waals surface area contributed by atoms with Crippen LogP contribution >= 0.6 is 45.7 Å². The fraction of sp³-hybridized carbons (Fsp3) is 0.550. The third-order valence-corrected chi connectivity index (χ3v) is 6.30. The Morgan fingerprint density at radius 3 is 2.54 bits per heavy atom. The van der Waals surface area contributed by atoms with Crippen molar-refractivity contribution in [1.82, 2.24) is 4.98 Å². The van der Waals surface area contributed by atoms with Crippen molar-refractivity contribution in [1.29, 1.82) is 0 Å². The van der Waals surface area contributed by atoms with Crippen LogP contribution in [0.1, 0.15) is 53.9 Å². The first-order chi connectivity index (χ1) is 11.1. The summed E-state index contributed by atoms with van der Waals surface area (Å²) in [5.74, 6) is 1.05. The van der Waals surface area contributed by atoms with E-state index >= 15 is 0 Å². The minimum atomic E-state index is 0.305. The maximum atomic E-state index is 4.75. The maximum absolute atomic E-state index is 4.75. The Morgan fingerprint density at radius 1 is 1.21 bits per heavy atom. The summed E-state index contributed by atoms with van der Waals surface area (Å²) >= 11 is 6.26. The van der Waals surface area contributed by atoms with Crippen LogP contribution in [0, 0.1) is 5.41 Å². The molecule has 0 aliphatic heterocycles. The zero-order chi connectivity index (χ0) is 17.8. The van der Waals surface area contributed by atoms with Gasteiger partial charge in [-0.2, -0.15) is 0 Å². The fourth-order valence-corrected chi connectivity index (χ4v) is 5.06. The predicted octanol–water partition coefficient (Wildman–Crippen LogP) is 7.74. The largest absolute Gasteiger partial charge is 0.230 e. The third kappa shape index (κ3) is 7.44. The van der Waals surface area contributed by atoms with Gasteiger partial charge in [0.2, 0.25) is 0 Å². The molecule has 0 amide bonds. The number of hydrogen-bond donors (Lipinski definition) is 0. The number of hydrogen-bond acceptors (Lipinski definition) is 3. The topological polar surface area (TPSA) is 12.9 Å². The number of para-hydroxylation sites is 1. The maximum Gasteiger partial charge on any atom is 0.151 e. The van der Waals surface area contributed by atoms with Gasteiger partial charge >= 0.3 is 0 Å². The Labute approximate surface area is 168 Å².